The average Bonchev–Trinajstić information content (AvgIpc) is 3.26. The van der Waals surface area contributed by atoms with Gasteiger partial charge < -0.3 is 0 Å². The summed E-state index contributed by atoms with van der Waals surface area (Å²) in [5.41, 5.74) is 4.78. The number of thioether (sulfide) groups is 1. The number of carbonyl (C=O) groups excluding carboxylic acids is 1. The first kappa shape index (κ1) is 20.9. The predicted molar refractivity (Wildman–Crippen MR) is 108 cm³/mol. The van der Waals surface area contributed by atoms with Crippen LogP contribution in [-0.4, -0.2) is 21.5 Å². The molecule has 0 saturated heterocycles. The van der Waals surface area contributed by atoms with Crippen LogP contribution in [0.2, 0.25) is 0 Å². The van der Waals surface area contributed by atoms with Gasteiger partial charge in [-0.3, -0.25) is 9.78 Å². The molecule has 0 spiro atoms. The minimum Gasteiger partial charge on any atom is -0.292 e. The van der Waals surface area contributed by atoms with Crippen molar-refractivity contribution >= 4 is 28.9 Å². The molecule has 0 amide bonds. The number of pyridine rings is 2. The Labute approximate surface area is 185 Å². The second-order valence-electron chi connectivity index (χ2n) is 6.34. The van der Waals surface area contributed by atoms with E-state index >= 15 is 0 Å². The van der Waals surface area contributed by atoms with Crippen LogP contribution in [0.5, 0.6) is 0 Å². The van der Waals surface area contributed by atoms with E-state index in [0.29, 0.717) is 10.6 Å². The molecule has 4 rings (SSSR count). The van der Waals surface area contributed by atoms with Crippen molar-refractivity contribution in [1.29, 1.82) is 5.26 Å². The summed E-state index contributed by atoms with van der Waals surface area (Å²) in [7, 11) is 0. The van der Waals surface area contributed by atoms with Gasteiger partial charge in [-0.15, -0.1) is 11.3 Å². The molecule has 0 saturated carbocycles. The molecule has 0 atom stereocenters. The molecule has 3 aromatic heterocycles. The third-order valence-corrected chi connectivity index (χ3v) is 6.54. The van der Waals surface area contributed by atoms with E-state index in [0.717, 1.165) is 47.4 Å². The van der Waals surface area contributed by atoms with Crippen molar-refractivity contribution in [1.82, 2.24) is 9.97 Å². The van der Waals surface area contributed by atoms with E-state index in [4.69, 9.17) is 4.98 Å². The summed E-state index contributed by atoms with van der Waals surface area (Å²) in [4.78, 5) is 22.0. The molecule has 3 aromatic rings. The first-order chi connectivity index (χ1) is 13.3. The Morgan fingerprint density at radius 1 is 1.21 bits per heavy atom. The normalized spacial score (nSPS) is 12.5. The van der Waals surface area contributed by atoms with E-state index in [-0.39, 0.29) is 31.0 Å². The largest absolute Gasteiger partial charge is 2.00 e. The van der Waals surface area contributed by atoms with Gasteiger partial charge in [0.15, 0.2) is 5.78 Å². The molecular weight excluding hydrogens is 440 g/mol. The molecule has 1 aliphatic rings. The Bertz CT molecular complexity index is 1010. The van der Waals surface area contributed by atoms with Gasteiger partial charge in [0.05, 0.1) is 16.2 Å². The maximum atomic E-state index is 12.4. The van der Waals surface area contributed by atoms with Gasteiger partial charge in [0.25, 0.3) is 0 Å². The minimum absolute atomic E-state index is 0. The summed E-state index contributed by atoms with van der Waals surface area (Å²) in [6.45, 7) is 0. The molecule has 0 aromatic carbocycles. The number of ketones is 1. The van der Waals surface area contributed by atoms with Gasteiger partial charge in [0, 0.05) is 23.7 Å². The Morgan fingerprint density at radius 2 is 2.00 bits per heavy atom. The Balaban J connectivity index is 0.00000225. The van der Waals surface area contributed by atoms with Crippen LogP contribution >= 0.6 is 23.1 Å². The number of hydrogen-bond acceptors (Lipinski definition) is 6. The van der Waals surface area contributed by atoms with Crippen molar-refractivity contribution in [2.24, 2.45) is 0 Å². The fraction of sp³-hybridized carbons (Fsp3) is 0.238. The average molecular weight is 457 g/mol. The van der Waals surface area contributed by atoms with Gasteiger partial charge >= 0.3 is 19.5 Å². The van der Waals surface area contributed by atoms with Crippen LogP contribution in [-0.2, 0) is 32.3 Å². The van der Waals surface area contributed by atoms with Crippen molar-refractivity contribution in [3.8, 4) is 17.2 Å². The number of hydrogen-bond donors (Lipinski definition) is 0. The zero-order chi connectivity index (χ0) is 18.6. The Kier molecular flexibility index (Phi) is 7.12. The third-order valence-electron chi connectivity index (χ3n) is 4.66. The molecular formula is C21H17N3OS2Zn+2. The first-order valence-corrected chi connectivity index (χ1v) is 10.7. The Morgan fingerprint density at radius 3 is 2.71 bits per heavy atom. The van der Waals surface area contributed by atoms with Crippen molar-refractivity contribution in [3.63, 3.8) is 0 Å². The van der Waals surface area contributed by atoms with E-state index in [1.807, 2.05) is 29.6 Å². The summed E-state index contributed by atoms with van der Waals surface area (Å²) in [6, 6.07) is 9.95. The number of Topliss-reactive ketones (excluding diaryl/α,β-unsaturated/α-hetero) is 1. The van der Waals surface area contributed by atoms with Crippen molar-refractivity contribution < 1.29 is 24.3 Å². The Hall–Kier alpha value is -1.87. The molecule has 134 valence electrons. The molecule has 28 heavy (non-hydrogen) atoms. The number of nitriles is 1. The van der Waals surface area contributed by atoms with E-state index in [1.165, 1.54) is 28.7 Å². The second-order valence-corrected chi connectivity index (χ2v) is 8.25. The first-order valence-electron chi connectivity index (χ1n) is 8.83. The molecule has 0 N–H and O–H groups in total. The van der Waals surface area contributed by atoms with Gasteiger partial charge in [-0.1, -0.05) is 17.8 Å². The van der Waals surface area contributed by atoms with Gasteiger partial charge in [-0.05, 0) is 60.4 Å². The molecule has 7 heteroatoms. The molecule has 0 aliphatic heterocycles. The zero-order valence-electron chi connectivity index (χ0n) is 15.4. The van der Waals surface area contributed by atoms with Crippen LogP contribution in [0, 0.1) is 11.3 Å². The topological polar surface area (TPSA) is 66.6 Å². The van der Waals surface area contributed by atoms with Crippen LogP contribution in [0.1, 0.15) is 39.3 Å². The number of carbonyl (C=O) groups is 1. The zero-order valence-corrected chi connectivity index (χ0v) is 20.0. The number of aryl methyl sites for hydroxylation is 1. The van der Waals surface area contributed by atoms with Gasteiger partial charge in [-0.25, -0.2) is 4.98 Å². The molecule has 4 nitrogen and oxygen atoms in total. The summed E-state index contributed by atoms with van der Waals surface area (Å²) in [6.07, 6.45) is 7.58. The van der Waals surface area contributed by atoms with Gasteiger partial charge in [0.2, 0.25) is 0 Å². The SMILES string of the molecule is N#Cc1c(SCC(=O)c2cccs2)nc2c(c1-c1ccncc1)CCCC2.[Zn+2]. The fourth-order valence-corrected chi connectivity index (χ4v) is 5.05. The summed E-state index contributed by atoms with van der Waals surface area (Å²) >= 11 is 2.81. The van der Waals surface area contributed by atoms with Crippen LogP contribution in [0.15, 0.2) is 47.1 Å². The van der Waals surface area contributed by atoms with Gasteiger partial charge in [-0.2, -0.15) is 5.26 Å². The molecule has 1 aliphatic carbocycles. The maximum Gasteiger partial charge on any atom is 2.00 e. The van der Waals surface area contributed by atoms with E-state index in [9.17, 15) is 10.1 Å². The van der Waals surface area contributed by atoms with E-state index < -0.39 is 0 Å². The third kappa shape index (κ3) is 4.25. The molecule has 0 fully saturated rings. The van der Waals surface area contributed by atoms with E-state index in [1.54, 1.807) is 12.4 Å². The van der Waals surface area contributed by atoms with Gasteiger partial charge in [0.1, 0.15) is 11.1 Å². The smallest absolute Gasteiger partial charge is 0.292 e. The predicted octanol–water partition coefficient (Wildman–Crippen LogP) is 4.93. The summed E-state index contributed by atoms with van der Waals surface area (Å²) in [5, 5.41) is 12.5. The molecule has 3 heterocycles. The van der Waals surface area contributed by atoms with Crippen LogP contribution < -0.4 is 0 Å². The molecule has 0 unspecified atom stereocenters. The standard InChI is InChI=1S/C21H17N3OS2.Zn/c22-12-16-20(14-7-9-23-10-8-14)15-4-1-2-5-17(15)24-21(16)27-13-18(25)19-6-3-11-26-19;/h3,6-11H,1-2,4-5,13H2;/q;+2. The monoisotopic (exact) mass is 455 g/mol. The number of aromatic nitrogens is 2. The summed E-state index contributed by atoms with van der Waals surface area (Å²) < 4.78 is 0. The van der Waals surface area contributed by atoms with Crippen molar-refractivity contribution in [2.45, 2.75) is 30.7 Å². The van der Waals surface area contributed by atoms with Crippen LogP contribution in [0.3, 0.4) is 0 Å². The molecule has 0 radical (unpaired) electrons. The number of fused-ring (bicyclic) bond motifs is 1. The number of thiophene rings is 1. The fourth-order valence-electron chi connectivity index (χ4n) is 3.41. The van der Waals surface area contributed by atoms with Crippen molar-refractivity contribution in [2.75, 3.05) is 5.75 Å². The quantitative estimate of drug-likeness (QED) is 0.309. The minimum atomic E-state index is 0. The summed E-state index contributed by atoms with van der Waals surface area (Å²) in [5.74, 6) is 0.361. The van der Waals surface area contributed by atoms with Crippen LogP contribution in [0.4, 0.5) is 0 Å². The maximum absolute atomic E-state index is 12.4. The molecule has 0 bridgehead atoms. The van der Waals surface area contributed by atoms with E-state index in [2.05, 4.69) is 11.1 Å². The van der Waals surface area contributed by atoms with Crippen molar-refractivity contribution in [3.05, 3.63) is 63.7 Å². The number of rotatable bonds is 5. The number of nitrogens with zero attached hydrogens (tertiary/aromatic N) is 3. The second kappa shape index (κ2) is 9.56. The van der Waals surface area contributed by atoms with Crippen LogP contribution in [0.25, 0.3) is 11.1 Å².